The van der Waals surface area contributed by atoms with E-state index in [0.717, 1.165) is 17.7 Å². The standard InChI is InChI=1S/C8H11ClN2/c1-2-7-3-6(5-10)4-8(9)11-7/h3-4H,2,5,10H2,1H3. The molecule has 1 aromatic rings. The zero-order valence-corrected chi connectivity index (χ0v) is 7.23. The van der Waals surface area contributed by atoms with Crippen molar-refractivity contribution in [2.75, 3.05) is 0 Å². The highest BCUT2D eigenvalue weighted by atomic mass is 35.5. The summed E-state index contributed by atoms with van der Waals surface area (Å²) in [6, 6.07) is 3.77. The summed E-state index contributed by atoms with van der Waals surface area (Å²) in [6.45, 7) is 2.56. The molecule has 1 heterocycles. The summed E-state index contributed by atoms with van der Waals surface area (Å²) in [7, 11) is 0. The van der Waals surface area contributed by atoms with Crippen LogP contribution in [0.15, 0.2) is 12.1 Å². The lowest BCUT2D eigenvalue weighted by Crippen LogP contribution is -1.98. The molecule has 2 N–H and O–H groups in total. The van der Waals surface area contributed by atoms with E-state index in [9.17, 15) is 0 Å². The molecule has 2 nitrogen and oxygen atoms in total. The second kappa shape index (κ2) is 3.69. The highest BCUT2D eigenvalue weighted by Crippen LogP contribution is 2.10. The van der Waals surface area contributed by atoms with Gasteiger partial charge in [-0.1, -0.05) is 18.5 Å². The first kappa shape index (κ1) is 8.50. The molecule has 0 unspecified atom stereocenters. The molecule has 0 aliphatic rings. The maximum Gasteiger partial charge on any atom is 0.129 e. The molecule has 0 aromatic carbocycles. The van der Waals surface area contributed by atoms with Crippen LogP contribution >= 0.6 is 11.6 Å². The molecule has 0 saturated carbocycles. The summed E-state index contributed by atoms with van der Waals surface area (Å²) >= 11 is 5.74. The molecule has 0 bridgehead atoms. The molecule has 0 amide bonds. The van der Waals surface area contributed by atoms with Crippen LogP contribution in [0.1, 0.15) is 18.2 Å². The van der Waals surface area contributed by atoms with Crippen LogP contribution in [0.4, 0.5) is 0 Å². The van der Waals surface area contributed by atoms with Gasteiger partial charge in [0.25, 0.3) is 0 Å². The molecule has 60 valence electrons. The monoisotopic (exact) mass is 170 g/mol. The van der Waals surface area contributed by atoms with E-state index in [-0.39, 0.29) is 0 Å². The number of halogens is 1. The predicted octanol–water partition coefficient (Wildman–Crippen LogP) is 1.76. The van der Waals surface area contributed by atoms with Crippen molar-refractivity contribution in [2.45, 2.75) is 19.9 Å². The highest BCUT2D eigenvalue weighted by molar-refractivity contribution is 6.29. The normalized spacial score (nSPS) is 10.1. The Morgan fingerprint density at radius 1 is 1.55 bits per heavy atom. The average molecular weight is 171 g/mol. The van der Waals surface area contributed by atoms with E-state index in [0.29, 0.717) is 11.7 Å². The zero-order chi connectivity index (χ0) is 8.27. The quantitative estimate of drug-likeness (QED) is 0.687. The predicted molar refractivity (Wildman–Crippen MR) is 46.5 cm³/mol. The molecule has 1 rings (SSSR count). The minimum Gasteiger partial charge on any atom is -0.326 e. The Kier molecular flexibility index (Phi) is 2.85. The number of aromatic nitrogens is 1. The topological polar surface area (TPSA) is 38.9 Å². The van der Waals surface area contributed by atoms with Gasteiger partial charge < -0.3 is 5.73 Å². The molecule has 0 aliphatic heterocycles. The first-order valence-corrected chi connectivity index (χ1v) is 3.99. The van der Waals surface area contributed by atoms with E-state index in [2.05, 4.69) is 4.98 Å². The number of aryl methyl sites for hydroxylation is 1. The van der Waals surface area contributed by atoms with Crippen molar-refractivity contribution in [3.63, 3.8) is 0 Å². The van der Waals surface area contributed by atoms with Crippen LogP contribution in [0.5, 0.6) is 0 Å². The summed E-state index contributed by atoms with van der Waals surface area (Å²) in [5.41, 5.74) is 7.50. The van der Waals surface area contributed by atoms with Crippen LogP contribution in [0.2, 0.25) is 5.15 Å². The number of nitrogens with zero attached hydrogens (tertiary/aromatic N) is 1. The van der Waals surface area contributed by atoms with Crippen molar-refractivity contribution in [3.8, 4) is 0 Å². The second-order valence-electron chi connectivity index (χ2n) is 2.35. The molecule has 0 atom stereocenters. The van der Waals surface area contributed by atoms with Gasteiger partial charge in [0.05, 0.1) is 0 Å². The van der Waals surface area contributed by atoms with Gasteiger partial charge in [-0.05, 0) is 24.1 Å². The van der Waals surface area contributed by atoms with Gasteiger partial charge in [-0.25, -0.2) is 4.98 Å². The van der Waals surface area contributed by atoms with E-state index >= 15 is 0 Å². The molecule has 0 spiro atoms. The molecule has 0 fully saturated rings. The first-order valence-electron chi connectivity index (χ1n) is 3.61. The van der Waals surface area contributed by atoms with Gasteiger partial charge in [0.2, 0.25) is 0 Å². The van der Waals surface area contributed by atoms with Crippen LogP contribution in [0, 0.1) is 0 Å². The lowest BCUT2D eigenvalue weighted by atomic mass is 10.2. The summed E-state index contributed by atoms with van der Waals surface area (Å²) in [4.78, 5) is 4.11. The van der Waals surface area contributed by atoms with Gasteiger partial charge in [0, 0.05) is 12.2 Å². The Morgan fingerprint density at radius 2 is 2.27 bits per heavy atom. The number of hydrogen-bond acceptors (Lipinski definition) is 2. The fourth-order valence-corrected chi connectivity index (χ4v) is 1.16. The molecule has 0 aliphatic carbocycles. The fraction of sp³-hybridized carbons (Fsp3) is 0.375. The smallest absolute Gasteiger partial charge is 0.129 e. The highest BCUT2D eigenvalue weighted by Gasteiger charge is 1.97. The fourth-order valence-electron chi connectivity index (χ4n) is 0.909. The largest absolute Gasteiger partial charge is 0.326 e. The molecular formula is C8H11ClN2. The third-order valence-electron chi connectivity index (χ3n) is 1.50. The minimum atomic E-state index is 0.523. The van der Waals surface area contributed by atoms with Gasteiger partial charge in [0.1, 0.15) is 5.15 Å². The third-order valence-corrected chi connectivity index (χ3v) is 1.70. The Labute approximate surface area is 71.4 Å². The Morgan fingerprint density at radius 3 is 2.82 bits per heavy atom. The van der Waals surface area contributed by atoms with Gasteiger partial charge in [0.15, 0.2) is 0 Å². The van der Waals surface area contributed by atoms with E-state index < -0.39 is 0 Å². The first-order chi connectivity index (χ1) is 5.26. The summed E-state index contributed by atoms with van der Waals surface area (Å²) in [5, 5.41) is 0.532. The van der Waals surface area contributed by atoms with Gasteiger partial charge in [-0.15, -0.1) is 0 Å². The van der Waals surface area contributed by atoms with E-state index in [1.54, 1.807) is 6.07 Å². The van der Waals surface area contributed by atoms with Crippen molar-refractivity contribution in [3.05, 3.63) is 28.5 Å². The number of rotatable bonds is 2. The van der Waals surface area contributed by atoms with Crippen molar-refractivity contribution in [2.24, 2.45) is 5.73 Å². The van der Waals surface area contributed by atoms with Gasteiger partial charge in [-0.2, -0.15) is 0 Å². The van der Waals surface area contributed by atoms with Crippen molar-refractivity contribution >= 4 is 11.6 Å². The van der Waals surface area contributed by atoms with E-state index in [1.807, 2.05) is 13.0 Å². The number of nitrogens with two attached hydrogens (primary N) is 1. The SMILES string of the molecule is CCc1cc(CN)cc(Cl)n1. The summed E-state index contributed by atoms with van der Waals surface area (Å²) in [5.74, 6) is 0. The lowest BCUT2D eigenvalue weighted by molar-refractivity contribution is 0.991. The van der Waals surface area contributed by atoms with Gasteiger partial charge in [-0.3, -0.25) is 0 Å². The van der Waals surface area contributed by atoms with Crippen molar-refractivity contribution < 1.29 is 0 Å². The maximum atomic E-state index is 5.74. The van der Waals surface area contributed by atoms with Crippen molar-refractivity contribution in [1.82, 2.24) is 4.98 Å². The van der Waals surface area contributed by atoms with Crippen LogP contribution in [0.3, 0.4) is 0 Å². The zero-order valence-electron chi connectivity index (χ0n) is 6.47. The third kappa shape index (κ3) is 2.17. The Balaban J connectivity index is 3.02. The van der Waals surface area contributed by atoms with Crippen LogP contribution in [-0.2, 0) is 13.0 Å². The number of hydrogen-bond donors (Lipinski definition) is 1. The van der Waals surface area contributed by atoms with E-state index in [4.69, 9.17) is 17.3 Å². The molecule has 1 aromatic heterocycles. The van der Waals surface area contributed by atoms with Gasteiger partial charge >= 0.3 is 0 Å². The van der Waals surface area contributed by atoms with Crippen LogP contribution in [-0.4, -0.2) is 4.98 Å². The van der Waals surface area contributed by atoms with Crippen LogP contribution < -0.4 is 5.73 Å². The summed E-state index contributed by atoms with van der Waals surface area (Å²) in [6.07, 6.45) is 0.896. The Bertz CT molecular complexity index is 226. The Hall–Kier alpha value is -0.600. The molecular weight excluding hydrogens is 160 g/mol. The van der Waals surface area contributed by atoms with Crippen LogP contribution in [0.25, 0.3) is 0 Å². The molecule has 0 radical (unpaired) electrons. The maximum absolute atomic E-state index is 5.74. The summed E-state index contributed by atoms with van der Waals surface area (Å²) < 4.78 is 0. The number of pyridine rings is 1. The molecule has 11 heavy (non-hydrogen) atoms. The van der Waals surface area contributed by atoms with Crippen molar-refractivity contribution in [1.29, 1.82) is 0 Å². The second-order valence-corrected chi connectivity index (χ2v) is 2.73. The minimum absolute atomic E-state index is 0.523. The molecule has 0 saturated heterocycles. The van der Waals surface area contributed by atoms with E-state index in [1.165, 1.54) is 0 Å². The average Bonchev–Trinajstić information content (AvgIpc) is 2.03. The molecule has 3 heteroatoms. The lowest BCUT2D eigenvalue weighted by Gasteiger charge is -2.00.